The summed E-state index contributed by atoms with van der Waals surface area (Å²) >= 11 is 0. The van der Waals surface area contributed by atoms with Gasteiger partial charge in [-0.25, -0.2) is 4.39 Å². The van der Waals surface area contributed by atoms with Gasteiger partial charge >= 0.3 is 0 Å². The normalized spacial score (nSPS) is 15.5. The van der Waals surface area contributed by atoms with Crippen LogP contribution in [0, 0.1) is 5.82 Å². The number of nitrogens with two attached hydrogens (primary N) is 1. The zero-order valence-electron chi connectivity index (χ0n) is 11.0. The van der Waals surface area contributed by atoms with E-state index in [1.165, 1.54) is 6.07 Å². The van der Waals surface area contributed by atoms with Crippen molar-refractivity contribution in [2.45, 2.75) is 12.5 Å². The van der Waals surface area contributed by atoms with E-state index < -0.39 is 6.04 Å². The van der Waals surface area contributed by atoms with E-state index in [2.05, 4.69) is 0 Å². The van der Waals surface area contributed by atoms with Crippen LogP contribution in [-0.2, 0) is 0 Å². The fourth-order valence-corrected chi connectivity index (χ4v) is 2.28. The molecule has 0 spiro atoms. The Kier molecular flexibility index (Phi) is 3.56. The Labute approximate surface area is 117 Å². The summed E-state index contributed by atoms with van der Waals surface area (Å²) in [5.74, 6) is 1.09. The van der Waals surface area contributed by atoms with Crippen LogP contribution < -0.4 is 15.2 Å². The fourth-order valence-electron chi connectivity index (χ4n) is 2.28. The number of hydrogen-bond acceptors (Lipinski definition) is 3. The fraction of sp³-hybridized carbons (Fsp3) is 0.250. The average Bonchev–Trinajstić information content (AvgIpc) is 2.71. The first-order chi connectivity index (χ1) is 9.75. The van der Waals surface area contributed by atoms with Crippen molar-refractivity contribution in [1.82, 2.24) is 0 Å². The van der Waals surface area contributed by atoms with Crippen LogP contribution in [0.2, 0.25) is 0 Å². The summed E-state index contributed by atoms with van der Waals surface area (Å²) < 4.78 is 25.0. The summed E-state index contributed by atoms with van der Waals surface area (Å²) in [5.41, 5.74) is 7.43. The van der Waals surface area contributed by atoms with Gasteiger partial charge < -0.3 is 15.2 Å². The van der Waals surface area contributed by atoms with Crippen molar-refractivity contribution in [3.8, 4) is 11.5 Å². The Morgan fingerprint density at radius 3 is 2.55 bits per heavy atom. The summed E-state index contributed by atoms with van der Waals surface area (Å²) in [5, 5.41) is 0. The molecule has 1 heterocycles. The maximum Gasteiger partial charge on any atom is 0.161 e. The summed E-state index contributed by atoms with van der Waals surface area (Å²) in [4.78, 5) is 0. The van der Waals surface area contributed by atoms with Crippen LogP contribution in [0.5, 0.6) is 11.5 Å². The van der Waals surface area contributed by atoms with Crippen molar-refractivity contribution in [3.63, 3.8) is 0 Å². The van der Waals surface area contributed by atoms with Gasteiger partial charge in [0.2, 0.25) is 0 Å². The highest BCUT2D eigenvalue weighted by Crippen LogP contribution is 2.33. The monoisotopic (exact) mass is 273 g/mol. The molecule has 0 bridgehead atoms. The first-order valence-electron chi connectivity index (χ1n) is 6.65. The van der Waals surface area contributed by atoms with E-state index >= 15 is 0 Å². The van der Waals surface area contributed by atoms with Gasteiger partial charge in [0.25, 0.3) is 0 Å². The standard InChI is InChI=1S/C16H16FNO2/c17-13-5-2-1-4-12(13)16(18)11-6-7-14-15(10-11)20-9-3-8-19-14/h1-2,4-7,10,16H,3,8-9,18H2. The zero-order chi connectivity index (χ0) is 13.9. The highest BCUT2D eigenvalue weighted by molar-refractivity contribution is 5.46. The molecule has 1 unspecified atom stereocenters. The number of ether oxygens (including phenoxy) is 2. The molecule has 1 aliphatic heterocycles. The summed E-state index contributed by atoms with van der Waals surface area (Å²) in [6, 6.07) is 11.5. The van der Waals surface area contributed by atoms with Crippen LogP contribution >= 0.6 is 0 Å². The van der Waals surface area contributed by atoms with Crippen molar-refractivity contribution in [3.05, 3.63) is 59.4 Å². The molecule has 1 aliphatic rings. The number of fused-ring (bicyclic) bond motifs is 1. The van der Waals surface area contributed by atoms with Crippen molar-refractivity contribution in [2.24, 2.45) is 5.73 Å². The van der Waals surface area contributed by atoms with Crippen molar-refractivity contribution in [2.75, 3.05) is 13.2 Å². The van der Waals surface area contributed by atoms with Gasteiger partial charge in [-0.1, -0.05) is 24.3 Å². The Balaban J connectivity index is 1.94. The Hall–Kier alpha value is -2.07. The number of halogens is 1. The van der Waals surface area contributed by atoms with Gasteiger partial charge in [-0.2, -0.15) is 0 Å². The molecule has 0 saturated carbocycles. The molecule has 0 aliphatic carbocycles. The van der Waals surface area contributed by atoms with Gasteiger partial charge in [0.05, 0.1) is 19.3 Å². The molecule has 104 valence electrons. The molecular formula is C16H16FNO2. The van der Waals surface area contributed by atoms with Gasteiger partial charge in [0, 0.05) is 12.0 Å². The molecule has 0 amide bonds. The van der Waals surface area contributed by atoms with Crippen LogP contribution in [0.4, 0.5) is 4.39 Å². The van der Waals surface area contributed by atoms with Gasteiger partial charge in [-0.05, 0) is 23.8 Å². The molecule has 1 atom stereocenters. The first kappa shape index (κ1) is 12.9. The molecule has 0 aromatic heterocycles. The Bertz CT molecular complexity index is 615. The van der Waals surface area contributed by atoms with Crippen LogP contribution in [0.3, 0.4) is 0 Å². The van der Waals surface area contributed by atoms with Crippen molar-refractivity contribution >= 4 is 0 Å². The first-order valence-corrected chi connectivity index (χ1v) is 6.65. The molecule has 3 nitrogen and oxygen atoms in total. The van der Waals surface area contributed by atoms with Gasteiger partial charge in [0.1, 0.15) is 5.82 Å². The number of hydrogen-bond donors (Lipinski definition) is 1. The molecule has 2 N–H and O–H groups in total. The minimum absolute atomic E-state index is 0.299. The van der Waals surface area contributed by atoms with Crippen LogP contribution in [0.15, 0.2) is 42.5 Å². The molecule has 2 aromatic rings. The quantitative estimate of drug-likeness (QED) is 0.914. The second kappa shape index (κ2) is 5.51. The SMILES string of the molecule is NC(c1ccc2c(c1)OCCCO2)c1ccccc1F. The van der Waals surface area contributed by atoms with E-state index in [-0.39, 0.29) is 5.82 Å². The maximum absolute atomic E-state index is 13.8. The number of rotatable bonds is 2. The summed E-state index contributed by atoms with van der Waals surface area (Å²) in [6.07, 6.45) is 0.851. The minimum Gasteiger partial charge on any atom is -0.490 e. The smallest absolute Gasteiger partial charge is 0.161 e. The molecular weight excluding hydrogens is 257 g/mol. The lowest BCUT2D eigenvalue weighted by Crippen LogP contribution is -2.13. The van der Waals surface area contributed by atoms with Crippen LogP contribution in [0.1, 0.15) is 23.6 Å². The van der Waals surface area contributed by atoms with E-state index in [0.29, 0.717) is 30.3 Å². The predicted molar refractivity (Wildman–Crippen MR) is 74.5 cm³/mol. The molecule has 4 heteroatoms. The van der Waals surface area contributed by atoms with E-state index in [0.717, 1.165) is 12.0 Å². The third-order valence-corrected chi connectivity index (χ3v) is 3.37. The lowest BCUT2D eigenvalue weighted by molar-refractivity contribution is 0.297. The van der Waals surface area contributed by atoms with E-state index in [4.69, 9.17) is 15.2 Å². The molecule has 3 rings (SSSR count). The lowest BCUT2D eigenvalue weighted by Gasteiger charge is -2.15. The zero-order valence-corrected chi connectivity index (χ0v) is 11.0. The van der Waals surface area contributed by atoms with Gasteiger partial charge in [0.15, 0.2) is 11.5 Å². The topological polar surface area (TPSA) is 44.5 Å². The lowest BCUT2D eigenvalue weighted by atomic mass is 9.99. The van der Waals surface area contributed by atoms with Crippen LogP contribution in [-0.4, -0.2) is 13.2 Å². The molecule has 20 heavy (non-hydrogen) atoms. The van der Waals surface area contributed by atoms with Crippen LogP contribution in [0.25, 0.3) is 0 Å². The highest BCUT2D eigenvalue weighted by Gasteiger charge is 2.17. The largest absolute Gasteiger partial charge is 0.490 e. The Morgan fingerprint density at radius 2 is 1.75 bits per heavy atom. The summed E-state index contributed by atoms with van der Waals surface area (Å²) in [7, 11) is 0. The second-order valence-electron chi connectivity index (χ2n) is 4.76. The molecule has 0 fully saturated rings. The minimum atomic E-state index is -0.520. The average molecular weight is 273 g/mol. The highest BCUT2D eigenvalue weighted by atomic mass is 19.1. The van der Waals surface area contributed by atoms with Gasteiger partial charge in [-0.3, -0.25) is 0 Å². The van der Waals surface area contributed by atoms with E-state index in [9.17, 15) is 4.39 Å². The third-order valence-electron chi connectivity index (χ3n) is 3.37. The molecule has 0 saturated heterocycles. The van der Waals surface area contributed by atoms with Crippen molar-refractivity contribution < 1.29 is 13.9 Å². The van der Waals surface area contributed by atoms with E-state index in [1.54, 1.807) is 18.2 Å². The maximum atomic E-state index is 13.8. The predicted octanol–water partition coefficient (Wildman–Crippen LogP) is 3.04. The Morgan fingerprint density at radius 1 is 1.00 bits per heavy atom. The summed E-state index contributed by atoms with van der Waals surface area (Å²) in [6.45, 7) is 1.26. The third kappa shape index (κ3) is 2.47. The molecule has 0 radical (unpaired) electrons. The van der Waals surface area contributed by atoms with Gasteiger partial charge in [-0.15, -0.1) is 0 Å². The van der Waals surface area contributed by atoms with Crippen molar-refractivity contribution in [1.29, 1.82) is 0 Å². The molecule has 2 aromatic carbocycles. The number of benzene rings is 2. The second-order valence-corrected chi connectivity index (χ2v) is 4.76. The van der Waals surface area contributed by atoms with E-state index in [1.807, 2.05) is 18.2 Å².